The van der Waals surface area contributed by atoms with Gasteiger partial charge >= 0.3 is 0 Å². The summed E-state index contributed by atoms with van der Waals surface area (Å²) < 4.78 is 0. The number of allylic oxidation sites excluding steroid dienone is 2. The third kappa shape index (κ3) is 4.61. The zero-order chi connectivity index (χ0) is 22.0. The molecule has 5 heteroatoms. The van der Waals surface area contributed by atoms with Crippen LogP contribution in [0.15, 0.2) is 79.0 Å². The van der Waals surface area contributed by atoms with E-state index in [1.807, 2.05) is 73.0 Å². The third-order valence-corrected chi connectivity index (χ3v) is 5.56. The number of carbonyl (C=O) groups excluding carboxylic acids is 2. The van der Waals surface area contributed by atoms with Crippen LogP contribution < -0.4 is 10.6 Å². The van der Waals surface area contributed by atoms with Gasteiger partial charge in [0.15, 0.2) is 0 Å². The van der Waals surface area contributed by atoms with Gasteiger partial charge in [-0.1, -0.05) is 63.3 Å². The smallest absolute Gasteiger partial charge is 0.251 e. The summed E-state index contributed by atoms with van der Waals surface area (Å²) in [6.45, 7) is 6.42. The standard InChI is InChI=1S/C26H27N3O2/c1-26(2,3)20-12-10-18(11-13-20)24(30)28-21-6-4-5-7-22(21)29-25(31)19-9-8-17-14-15-27-23(17)16-19/h4-16,21-22,27H,1-3H3,(H,28,30)(H,29,31). The van der Waals surface area contributed by atoms with E-state index in [2.05, 4.69) is 36.4 Å². The normalized spacial score (nSPS) is 18.2. The van der Waals surface area contributed by atoms with Crippen molar-refractivity contribution in [3.05, 3.63) is 95.7 Å². The van der Waals surface area contributed by atoms with E-state index >= 15 is 0 Å². The fourth-order valence-corrected chi connectivity index (χ4v) is 3.66. The second kappa shape index (κ2) is 8.26. The molecular formula is C26H27N3O2. The maximum Gasteiger partial charge on any atom is 0.251 e. The van der Waals surface area contributed by atoms with Gasteiger partial charge in [0.1, 0.15) is 0 Å². The molecule has 0 saturated heterocycles. The first-order chi connectivity index (χ1) is 14.8. The summed E-state index contributed by atoms with van der Waals surface area (Å²) in [7, 11) is 0. The van der Waals surface area contributed by atoms with E-state index in [1.165, 1.54) is 5.56 Å². The van der Waals surface area contributed by atoms with Crippen molar-refractivity contribution in [3.8, 4) is 0 Å². The van der Waals surface area contributed by atoms with Crippen molar-refractivity contribution < 1.29 is 9.59 Å². The van der Waals surface area contributed by atoms with Crippen LogP contribution in [-0.4, -0.2) is 28.9 Å². The number of aromatic nitrogens is 1. The van der Waals surface area contributed by atoms with Crippen molar-refractivity contribution >= 4 is 22.7 Å². The minimum absolute atomic E-state index is 0.0322. The molecule has 5 nitrogen and oxygen atoms in total. The molecule has 158 valence electrons. The maximum absolute atomic E-state index is 12.8. The van der Waals surface area contributed by atoms with Gasteiger partial charge in [0.05, 0.1) is 12.1 Å². The number of nitrogens with one attached hydrogen (secondary N) is 3. The van der Waals surface area contributed by atoms with Crippen LogP contribution in [0, 0.1) is 0 Å². The zero-order valence-electron chi connectivity index (χ0n) is 18.0. The van der Waals surface area contributed by atoms with E-state index in [0.717, 1.165) is 10.9 Å². The Morgan fingerprint density at radius 3 is 2.00 bits per heavy atom. The van der Waals surface area contributed by atoms with Gasteiger partial charge in [-0.2, -0.15) is 0 Å². The average Bonchev–Trinajstić information content (AvgIpc) is 3.22. The molecule has 1 heterocycles. The number of fused-ring (bicyclic) bond motifs is 1. The van der Waals surface area contributed by atoms with Crippen LogP contribution in [0.5, 0.6) is 0 Å². The van der Waals surface area contributed by atoms with Crippen LogP contribution in [0.2, 0.25) is 0 Å². The molecule has 31 heavy (non-hydrogen) atoms. The highest BCUT2D eigenvalue weighted by molar-refractivity contribution is 5.98. The lowest BCUT2D eigenvalue weighted by Crippen LogP contribution is -2.50. The molecule has 0 saturated carbocycles. The quantitative estimate of drug-likeness (QED) is 0.590. The van der Waals surface area contributed by atoms with Crippen molar-refractivity contribution in [1.29, 1.82) is 0 Å². The summed E-state index contributed by atoms with van der Waals surface area (Å²) in [5, 5.41) is 7.11. The van der Waals surface area contributed by atoms with Gasteiger partial charge in [-0.3, -0.25) is 9.59 Å². The van der Waals surface area contributed by atoms with Gasteiger partial charge in [0.2, 0.25) is 0 Å². The topological polar surface area (TPSA) is 74.0 Å². The van der Waals surface area contributed by atoms with Gasteiger partial charge in [-0.05, 0) is 46.7 Å². The van der Waals surface area contributed by atoms with Crippen LogP contribution in [-0.2, 0) is 5.41 Å². The SMILES string of the molecule is CC(C)(C)c1ccc(C(=O)NC2C=CC=CC2NC(=O)c2ccc3cc[nH]c3c2)cc1. The first kappa shape index (κ1) is 20.7. The van der Waals surface area contributed by atoms with Crippen molar-refractivity contribution in [3.63, 3.8) is 0 Å². The summed E-state index contributed by atoms with van der Waals surface area (Å²) in [6, 6.07) is 14.5. The van der Waals surface area contributed by atoms with Gasteiger partial charge in [-0.15, -0.1) is 0 Å². The molecule has 2 aromatic carbocycles. The van der Waals surface area contributed by atoms with E-state index in [9.17, 15) is 9.59 Å². The van der Waals surface area contributed by atoms with Crippen molar-refractivity contribution in [2.45, 2.75) is 38.3 Å². The second-order valence-corrected chi connectivity index (χ2v) is 8.88. The Hall–Kier alpha value is -3.60. The van der Waals surface area contributed by atoms with Crippen LogP contribution in [0.25, 0.3) is 10.9 Å². The van der Waals surface area contributed by atoms with E-state index < -0.39 is 0 Å². The predicted molar refractivity (Wildman–Crippen MR) is 124 cm³/mol. The molecule has 0 fully saturated rings. The highest BCUT2D eigenvalue weighted by Crippen LogP contribution is 2.22. The largest absolute Gasteiger partial charge is 0.361 e. The number of benzene rings is 2. The predicted octanol–water partition coefficient (Wildman–Crippen LogP) is 4.49. The van der Waals surface area contributed by atoms with E-state index in [4.69, 9.17) is 0 Å². The van der Waals surface area contributed by atoms with Gasteiger partial charge in [0.25, 0.3) is 11.8 Å². The molecule has 0 radical (unpaired) electrons. The molecule has 4 rings (SSSR count). The molecule has 2 unspecified atom stereocenters. The molecule has 1 aliphatic carbocycles. The van der Waals surface area contributed by atoms with Gasteiger partial charge in [-0.25, -0.2) is 0 Å². The number of H-pyrrole nitrogens is 1. The number of carbonyl (C=O) groups is 2. The monoisotopic (exact) mass is 413 g/mol. The van der Waals surface area contributed by atoms with Crippen LogP contribution >= 0.6 is 0 Å². The Morgan fingerprint density at radius 2 is 1.39 bits per heavy atom. The van der Waals surface area contributed by atoms with Crippen molar-refractivity contribution in [2.75, 3.05) is 0 Å². The fraction of sp³-hybridized carbons (Fsp3) is 0.231. The van der Waals surface area contributed by atoms with Crippen molar-refractivity contribution in [1.82, 2.24) is 15.6 Å². The summed E-state index contributed by atoms with van der Waals surface area (Å²) in [6.07, 6.45) is 9.38. The van der Waals surface area contributed by atoms with Crippen LogP contribution in [0.1, 0.15) is 47.1 Å². The molecule has 1 aliphatic rings. The van der Waals surface area contributed by atoms with Crippen LogP contribution in [0.3, 0.4) is 0 Å². The highest BCUT2D eigenvalue weighted by atomic mass is 16.2. The van der Waals surface area contributed by atoms with Gasteiger partial charge in [0, 0.05) is 22.8 Å². The lowest BCUT2D eigenvalue weighted by atomic mass is 9.86. The third-order valence-electron chi connectivity index (χ3n) is 5.56. The number of hydrogen-bond donors (Lipinski definition) is 3. The minimum atomic E-state index is -0.338. The summed E-state index contributed by atoms with van der Waals surface area (Å²) in [4.78, 5) is 28.7. The summed E-state index contributed by atoms with van der Waals surface area (Å²) >= 11 is 0. The Balaban J connectivity index is 1.45. The Morgan fingerprint density at radius 1 is 0.806 bits per heavy atom. The first-order valence-corrected chi connectivity index (χ1v) is 10.5. The molecule has 0 bridgehead atoms. The maximum atomic E-state index is 12.8. The number of aromatic amines is 1. The number of amides is 2. The lowest BCUT2D eigenvalue weighted by molar-refractivity contribution is 0.0904. The van der Waals surface area contributed by atoms with E-state index in [1.54, 1.807) is 6.07 Å². The molecule has 2 atom stereocenters. The van der Waals surface area contributed by atoms with E-state index in [0.29, 0.717) is 11.1 Å². The van der Waals surface area contributed by atoms with Crippen LogP contribution in [0.4, 0.5) is 0 Å². The average molecular weight is 414 g/mol. The number of hydrogen-bond acceptors (Lipinski definition) is 2. The lowest BCUT2D eigenvalue weighted by Gasteiger charge is -2.26. The molecule has 1 aromatic heterocycles. The Labute approximate surface area is 182 Å². The molecule has 0 spiro atoms. The second-order valence-electron chi connectivity index (χ2n) is 8.88. The summed E-state index contributed by atoms with van der Waals surface area (Å²) in [5.74, 6) is -0.354. The molecule has 3 aromatic rings. The van der Waals surface area contributed by atoms with Crippen molar-refractivity contribution in [2.24, 2.45) is 0 Å². The summed E-state index contributed by atoms with van der Waals surface area (Å²) in [5.41, 5.74) is 3.28. The zero-order valence-corrected chi connectivity index (χ0v) is 18.0. The molecular weight excluding hydrogens is 386 g/mol. The Bertz CT molecular complexity index is 1160. The molecule has 0 aliphatic heterocycles. The number of rotatable bonds is 4. The Kier molecular flexibility index (Phi) is 5.51. The highest BCUT2D eigenvalue weighted by Gasteiger charge is 2.24. The van der Waals surface area contributed by atoms with E-state index in [-0.39, 0.29) is 29.3 Å². The first-order valence-electron chi connectivity index (χ1n) is 10.5. The molecule has 2 amide bonds. The van der Waals surface area contributed by atoms with Gasteiger partial charge < -0.3 is 15.6 Å². The fourth-order valence-electron chi connectivity index (χ4n) is 3.66. The minimum Gasteiger partial charge on any atom is -0.361 e. The molecule has 3 N–H and O–H groups in total.